The van der Waals surface area contributed by atoms with E-state index in [2.05, 4.69) is 14.8 Å². The average Bonchev–Trinajstić information content (AvgIpc) is 2.49. The third kappa shape index (κ3) is 7.32. The number of fused-ring (bicyclic) bond motifs is 1. The average molecular weight is 322 g/mol. The van der Waals surface area contributed by atoms with Crippen molar-refractivity contribution in [1.29, 1.82) is 0 Å². The zero-order chi connectivity index (χ0) is 15.2. The fraction of sp³-hybridized carbons (Fsp3) is 0. The molecule has 0 saturated heterocycles. The molecule has 1 heterocycles. The van der Waals surface area contributed by atoms with E-state index in [1.54, 1.807) is 6.21 Å². The second kappa shape index (κ2) is 6.92. The van der Waals surface area contributed by atoms with Gasteiger partial charge in [0.25, 0.3) is 0 Å². The summed E-state index contributed by atoms with van der Waals surface area (Å²) >= 11 is 0. The first-order chi connectivity index (χ1) is 9.17. The molecule has 1 aliphatic heterocycles. The second-order valence-electron chi connectivity index (χ2n) is 3.40. The van der Waals surface area contributed by atoms with Crippen LogP contribution in [0.15, 0.2) is 35.4 Å². The Morgan fingerprint density at radius 3 is 2.20 bits per heavy atom. The zero-order valence-corrected chi connectivity index (χ0v) is 11.7. The lowest BCUT2D eigenvalue weighted by Gasteiger charge is -2.03. The predicted octanol–water partition coefficient (Wildman–Crippen LogP) is 1.30. The summed E-state index contributed by atoms with van der Waals surface area (Å²) in [5, 5.41) is 3.95. The number of nitrogens with one attached hydrogen (secondary N) is 1. The van der Waals surface area contributed by atoms with Crippen LogP contribution in [0.25, 0.3) is 6.08 Å². The highest BCUT2D eigenvalue weighted by Crippen LogP contribution is 2.53. The van der Waals surface area contributed by atoms with Crippen molar-refractivity contribution in [3.8, 4) is 0 Å². The standard InChI is InChI=1S/C9H8N2.H4O7P2/c1-2-6-9-8(4-1)5-3-7-10-11-9;1-8(2,3)7-9(4,5)6/h1-7,11H;(H2,1,2,3)(H2,4,5,6). The summed E-state index contributed by atoms with van der Waals surface area (Å²) in [5.74, 6) is 0. The van der Waals surface area contributed by atoms with Crippen LogP contribution in [-0.4, -0.2) is 25.8 Å². The number of allylic oxidation sites excluding steroid dienone is 1. The van der Waals surface area contributed by atoms with Crippen LogP contribution in [0.4, 0.5) is 5.69 Å². The van der Waals surface area contributed by atoms with E-state index in [4.69, 9.17) is 19.6 Å². The number of hydrogen-bond donors (Lipinski definition) is 5. The number of hydrazone groups is 1. The summed E-state index contributed by atoms with van der Waals surface area (Å²) in [7, 11) is -10.1. The normalized spacial score (nSPS) is 13.6. The van der Waals surface area contributed by atoms with E-state index in [-0.39, 0.29) is 0 Å². The number of para-hydroxylation sites is 1. The Hall–Kier alpha value is -1.31. The molecule has 0 atom stereocenters. The molecule has 11 heteroatoms. The lowest BCUT2D eigenvalue weighted by atomic mass is 10.2. The fourth-order valence-corrected chi connectivity index (χ4v) is 2.29. The molecule has 20 heavy (non-hydrogen) atoms. The molecule has 110 valence electrons. The van der Waals surface area contributed by atoms with E-state index in [9.17, 15) is 9.13 Å². The minimum absolute atomic E-state index is 1.05. The Balaban J connectivity index is 0.000000206. The van der Waals surface area contributed by atoms with Gasteiger partial charge in [0.2, 0.25) is 0 Å². The maximum Gasteiger partial charge on any atom is 0.478 e. The highest BCUT2D eigenvalue weighted by molar-refractivity contribution is 7.60. The molecular weight excluding hydrogens is 310 g/mol. The molecule has 5 N–H and O–H groups in total. The smallest absolute Gasteiger partial charge is 0.302 e. The number of hydrogen-bond acceptors (Lipinski definition) is 5. The quantitative estimate of drug-likeness (QED) is 0.511. The van der Waals surface area contributed by atoms with E-state index in [1.807, 2.05) is 36.4 Å². The summed E-state index contributed by atoms with van der Waals surface area (Å²) in [4.78, 5) is 31.0. The minimum atomic E-state index is -5.05. The number of nitrogens with zero attached hydrogens (tertiary/aromatic N) is 1. The lowest BCUT2D eigenvalue weighted by molar-refractivity contribution is 0.225. The Morgan fingerprint density at radius 1 is 1.05 bits per heavy atom. The van der Waals surface area contributed by atoms with Crippen LogP contribution in [0, 0.1) is 0 Å². The van der Waals surface area contributed by atoms with Gasteiger partial charge in [0.15, 0.2) is 0 Å². The number of rotatable bonds is 2. The van der Waals surface area contributed by atoms with E-state index < -0.39 is 15.6 Å². The maximum absolute atomic E-state index is 9.63. The fourth-order valence-electron chi connectivity index (χ4n) is 1.18. The Bertz CT molecular complexity index is 584. The predicted molar refractivity (Wildman–Crippen MR) is 72.8 cm³/mol. The van der Waals surface area contributed by atoms with Gasteiger partial charge in [-0.05, 0) is 17.7 Å². The monoisotopic (exact) mass is 322 g/mol. The van der Waals surface area contributed by atoms with Gasteiger partial charge < -0.3 is 19.6 Å². The molecule has 0 unspecified atom stereocenters. The van der Waals surface area contributed by atoms with Gasteiger partial charge in [-0.15, -0.1) is 0 Å². The molecule has 0 spiro atoms. The van der Waals surface area contributed by atoms with Gasteiger partial charge >= 0.3 is 15.6 Å². The molecule has 0 aliphatic carbocycles. The largest absolute Gasteiger partial charge is 0.478 e. The summed E-state index contributed by atoms with van der Waals surface area (Å²) in [5.41, 5.74) is 5.16. The molecule has 0 aromatic heterocycles. The minimum Gasteiger partial charge on any atom is -0.302 e. The molecule has 0 fully saturated rings. The number of anilines is 1. The lowest BCUT2D eigenvalue weighted by Crippen LogP contribution is -1.87. The Morgan fingerprint density at radius 2 is 1.65 bits per heavy atom. The second-order valence-corrected chi connectivity index (χ2v) is 6.01. The van der Waals surface area contributed by atoms with Crippen molar-refractivity contribution in [3.63, 3.8) is 0 Å². The van der Waals surface area contributed by atoms with Crippen molar-refractivity contribution in [1.82, 2.24) is 0 Å². The van der Waals surface area contributed by atoms with Crippen LogP contribution in [0.1, 0.15) is 5.56 Å². The maximum atomic E-state index is 9.63. The van der Waals surface area contributed by atoms with Gasteiger partial charge in [-0.25, -0.2) is 9.13 Å². The van der Waals surface area contributed by atoms with Crippen molar-refractivity contribution in [3.05, 3.63) is 35.9 Å². The van der Waals surface area contributed by atoms with Crippen molar-refractivity contribution in [2.24, 2.45) is 5.10 Å². The van der Waals surface area contributed by atoms with E-state index >= 15 is 0 Å². The molecule has 0 bridgehead atoms. The first-order valence-electron chi connectivity index (χ1n) is 5.04. The molecule has 0 amide bonds. The number of phosphoric acid groups is 2. The van der Waals surface area contributed by atoms with Crippen molar-refractivity contribution in [2.45, 2.75) is 0 Å². The van der Waals surface area contributed by atoms with Gasteiger partial charge in [0.1, 0.15) is 0 Å². The van der Waals surface area contributed by atoms with Crippen LogP contribution < -0.4 is 5.43 Å². The molecule has 1 aromatic rings. The first kappa shape index (κ1) is 16.7. The van der Waals surface area contributed by atoms with Crippen LogP contribution >= 0.6 is 15.6 Å². The highest BCUT2D eigenvalue weighted by Gasteiger charge is 2.27. The summed E-state index contributed by atoms with van der Waals surface area (Å²) < 4.78 is 22.2. The molecule has 9 nitrogen and oxygen atoms in total. The summed E-state index contributed by atoms with van der Waals surface area (Å²) in [6.07, 6.45) is 5.68. The van der Waals surface area contributed by atoms with E-state index in [1.165, 1.54) is 5.56 Å². The molecule has 2 rings (SSSR count). The third-order valence-electron chi connectivity index (χ3n) is 1.79. The van der Waals surface area contributed by atoms with Gasteiger partial charge in [-0.2, -0.15) is 9.41 Å². The Labute approximate surface area is 114 Å². The van der Waals surface area contributed by atoms with Crippen LogP contribution in [-0.2, 0) is 13.4 Å². The van der Waals surface area contributed by atoms with Gasteiger partial charge in [-0.1, -0.05) is 24.3 Å². The zero-order valence-electron chi connectivity index (χ0n) is 9.90. The molecular formula is C9H12N2O7P2. The topological polar surface area (TPSA) is 149 Å². The van der Waals surface area contributed by atoms with Gasteiger partial charge in [0.05, 0.1) is 5.69 Å². The van der Waals surface area contributed by atoms with Crippen molar-refractivity contribution >= 4 is 33.6 Å². The Kier molecular flexibility index (Phi) is 5.79. The van der Waals surface area contributed by atoms with E-state index in [0.29, 0.717) is 0 Å². The molecule has 0 radical (unpaired) electrons. The van der Waals surface area contributed by atoms with Crippen LogP contribution in [0.5, 0.6) is 0 Å². The van der Waals surface area contributed by atoms with Crippen LogP contribution in [0.2, 0.25) is 0 Å². The van der Waals surface area contributed by atoms with E-state index in [0.717, 1.165) is 5.69 Å². The first-order valence-corrected chi connectivity index (χ1v) is 8.11. The van der Waals surface area contributed by atoms with Crippen molar-refractivity contribution < 1.29 is 33.0 Å². The van der Waals surface area contributed by atoms with Crippen molar-refractivity contribution in [2.75, 3.05) is 5.43 Å². The highest BCUT2D eigenvalue weighted by atomic mass is 31.3. The molecule has 0 saturated carbocycles. The third-order valence-corrected chi connectivity index (χ3v) is 3.50. The van der Waals surface area contributed by atoms with Crippen LogP contribution in [0.3, 0.4) is 0 Å². The van der Waals surface area contributed by atoms with Gasteiger partial charge in [-0.3, -0.25) is 5.43 Å². The summed E-state index contributed by atoms with van der Waals surface area (Å²) in [6, 6.07) is 8.05. The number of benzene rings is 1. The SMILES string of the molecule is C1=Cc2ccccc2NN=C1.O=P(O)(O)OP(=O)(O)O. The molecule has 1 aliphatic rings. The molecule has 1 aromatic carbocycles. The summed E-state index contributed by atoms with van der Waals surface area (Å²) in [6.45, 7) is 0. The van der Waals surface area contributed by atoms with Gasteiger partial charge in [0, 0.05) is 6.21 Å².